The Morgan fingerprint density at radius 3 is 2.30 bits per heavy atom. The van der Waals surface area contributed by atoms with E-state index in [4.69, 9.17) is 0 Å². The van der Waals surface area contributed by atoms with Crippen LogP contribution in [-0.2, 0) is 14.8 Å². The van der Waals surface area contributed by atoms with Crippen molar-refractivity contribution in [1.29, 1.82) is 0 Å². The van der Waals surface area contributed by atoms with Gasteiger partial charge in [-0.05, 0) is 37.7 Å². The zero-order valence-electron chi connectivity index (χ0n) is 11.5. The van der Waals surface area contributed by atoms with Crippen LogP contribution in [0.3, 0.4) is 0 Å². The molecule has 0 aromatic heterocycles. The van der Waals surface area contributed by atoms with E-state index in [2.05, 4.69) is 15.4 Å². The van der Waals surface area contributed by atoms with Gasteiger partial charge in [-0.1, -0.05) is 6.92 Å². The predicted molar refractivity (Wildman–Crippen MR) is 81.7 cm³/mol. The molecule has 0 spiro atoms. The quantitative estimate of drug-likeness (QED) is 0.698. The lowest BCUT2D eigenvalue weighted by Gasteiger charge is -2.08. The number of carbonyl (C=O) groups excluding carboxylic acids is 1. The van der Waals surface area contributed by atoms with Gasteiger partial charge in [-0.15, -0.1) is 12.4 Å². The molecule has 0 unspecified atom stereocenters. The Labute approximate surface area is 125 Å². The zero-order chi connectivity index (χ0) is 14.3. The van der Waals surface area contributed by atoms with E-state index in [1.807, 2.05) is 6.92 Å². The molecule has 1 amide bonds. The third-order valence-electron chi connectivity index (χ3n) is 2.33. The van der Waals surface area contributed by atoms with E-state index in [1.165, 1.54) is 12.1 Å². The fourth-order valence-corrected chi connectivity index (χ4v) is 2.54. The van der Waals surface area contributed by atoms with E-state index < -0.39 is 10.0 Å². The summed E-state index contributed by atoms with van der Waals surface area (Å²) in [7, 11) is -1.78. The molecule has 8 heteroatoms. The van der Waals surface area contributed by atoms with Gasteiger partial charge in [0.15, 0.2) is 0 Å². The van der Waals surface area contributed by atoms with Gasteiger partial charge in [0.1, 0.15) is 0 Å². The summed E-state index contributed by atoms with van der Waals surface area (Å²) in [6, 6.07) is 6.06. The first-order chi connectivity index (χ1) is 8.99. The first-order valence-electron chi connectivity index (χ1n) is 6.03. The van der Waals surface area contributed by atoms with E-state index >= 15 is 0 Å². The average molecular weight is 322 g/mol. The van der Waals surface area contributed by atoms with Crippen molar-refractivity contribution in [2.24, 2.45) is 0 Å². The van der Waals surface area contributed by atoms with Crippen LogP contribution in [0.15, 0.2) is 29.2 Å². The molecule has 0 aliphatic heterocycles. The molecule has 0 heterocycles. The molecule has 0 saturated heterocycles. The van der Waals surface area contributed by atoms with E-state index in [1.54, 1.807) is 19.2 Å². The Bertz CT molecular complexity index is 517. The maximum atomic E-state index is 11.8. The van der Waals surface area contributed by atoms with Crippen LogP contribution >= 0.6 is 12.4 Å². The lowest BCUT2D eigenvalue weighted by Crippen LogP contribution is -2.25. The molecule has 0 fully saturated rings. The van der Waals surface area contributed by atoms with Crippen molar-refractivity contribution in [2.75, 3.05) is 25.5 Å². The minimum atomic E-state index is -3.45. The topological polar surface area (TPSA) is 87.3 Å². The minimum Gasteiger partial charge on any atom is -0.325 e. The molecule has 1 aromatic carbocycles. The van der Waals surface area contributed by atoms with E-state index in [9.17, 15) is 13.2 Å². The van der Waals surface area contributed by atoms with Crippen LogP contribution in [0.1, 0.15) is 13.3 Å². The van der Waals surface area contributed by atoms with Crippen molar-refractivity contribution in [3.63, 3.8) is 0 Å². The molecular weight excluding hydrogens is 302 g/mol. The summed E-state index contributed by atoms with van der Waals surface area (Å²) >= 11 is 0. The smallest absolute Gasteiger partial charge is 0.240 e. The first-order valence-corrected chi connectivity index (χ1v) is 7.52. The molecule has 6 nitrogen and oxygen atoms in total. The van der Waals surface area contributed by atoms with Crippen molar-refractivity contribution in [3.05, 3.63) is 24.3 Å². The number of rotatable bonds is 7. The standard InChI is InChI=1S/C12H19N3O3S.ClH/c1-3-8-14-19(17,18)11-6-4-10(5-7-11)15-12(16)9-13-2;/h4-7,13-14H,3,8-9H2,1-2H3,(H,15,16);1H. The van der Waals surface area contributed by atoms with Crippen LogP contribution < -0.4 is 15.4 Å². The van der Waals surface area contributed by atoms with Crippen LogP contribution in [0, 0.1) is 0 Å². The van der Waals surface area contributed by atoms with Crippen molar-refractivity contribution in [1.82, 2.24) is 10.0 Å². The number of likely N-dealkylation sites (N-methyl/N-ethyl adjacent to an activating group) is 1. The third kappa shape index (κ3) is 5.87. The molecule has 0 radical (unpaired) electrons. The van der Waals surface area contributed by atoms with Gasteiger partial charge in [0.05, 0.1) is 11.4 Å². The van der Waals surface area contributed by atoms with Gasteiger partial charge < -0.3 is 10.6 Å². The number of halogens is 1. The lowest BCUT2D eigenvalue weighted by molar-refractivity contribution is -0.115. The molecule has 0 aliphatic carbocycles. The number of nitrogens with one attached hydrogen (secondary N) is 3. The molecule has 20 heavy (non-hydrogen) atoms. The maximum absolute atomic E-state index is 11.8. The van der Waals surface area contributed by atoms with Gasteiger partial charge in [-0.2, -0.15) is 0 Å². The fraction of sp³-hybridized carbons (Fsp3) is 0.417. The summed E-state index contributed by atoms with van der Waals surface area (Å²) in [6.45, 7) is 2.50. The van der Waals surface area contributed by atoms with Crippen molar-refractivity contribution < 1.29 is 13.2 Å². The molecule has 0 bridgehead atoms. The summed E-state index contributed by atoms with van der Waals surface area (Å²) in [4.78, 5) is 11.5. The zero-order valence-corrected chi connectivity index (χ0v) is 13.1. The van der Waals surface area contributed by atoms with E-state index in [-0.39, 0.29) is 29.8 Å². The second-order valence-corrected chi connectivity index (χ2v) is 5.77. The van der Waals surface area contributed by atoms with E-state index in [0.29, 0.717) is 12.2 Å². The number of hydrogen-bond donors (Lipinski definition) is 3. The van der Waals surface area contributed by atoms with Crippen LogP contribution in [0.25, 0.3) is 0 Å². The van der Waals surface area contributed by atoms with Crippen LogP contribution in [-0.4, -0.2) is 34.5 Å². The minimum absolute atomic E-state index is 0. The van der Waals surface area contributed by atoms with Gasteiger partial charge in [0.25, 0.3) is 0 Å². The molecule has 0 saturated carbocycles. The summed E-state index contributed by atoms with van der Waals surface area (Å²) in [5.74, 6) is -0.179. The molecule has 1 aromatic rings. The van der Waals surface area contributed by atoms with Gasteiger partial charge in [-0.25, -0.2) is 13.1 Å². The van der Waals surface area contributed by atoms with Gasteiger partial charge in [-0.3, -0.25) is 4.79 Å². The number of carbonyl (C=O) groups is 1. The first kappa shape index (κ1) is 18.9. The second-order valence-electron chi connectivity index (χ2n) is 4.00. The summed E-state index contributed by atoms with van der Waals surface area (Å²) < 4.78 is 26.1. The molecule has 1 rings (SSSR count). The molecule has 0 atom stereocenters. The number of amides is 1. The van der Waals surface area contributed by atoms with Crippen LogP contribution in [0.5, 0.6) is 0 Å². The monoisotopic (exact) mass is 321 g/mol. The molecular formula is C12H20ClN3O3S. The highest BCUT2D eigenvalue weighted by molar-refractivity contribution is 7.89. The largest absolute Gasteiger partial charge is 0.325 e. The molecule has 0 aliphatic rings. The Morgan fingerprint density at radius 1 is 1.20 bits per heavy atom. The van der Waals surface area contributed by atoms with Crippen molar-refractivity contribution in [2.45, 2.75) is 18.2 Å². The highest BCUT2D eigenvalue weighted by Gasteiger charge is 2.12. The Morgan fingerprint density at radius 2 is 1.80 bits per heavy atom. The summed E-state index contributed by atoms with van der Waals surface area (Å²) in [5.41, 5.74) is 0.565. The van der Waals surface area contributed by atoms with Crippen molar-refractivity contribution >= 4 is 34.0 Å². The Kier molecular flexibility index (Phi) is 8.40. The maximum Gasteiger partial charge on any atom is 0.240 e. The van der Waals surface area contributed by atoms with Crippen LogP contribution in [0.4, 0.5) is 5.69 Å². The summed E-state index contributed by atoms with van der Waals surface area (Å²) in [5, 5.41) is 5.38. The molecule has 3 N–H and O–H groups in total. The Hall–Kier alpha value is -1.15. The van der Waals surface area contributed by atoms with Gasteiger partial charge in [0.2, 0.25) is 15.9 Å². The number of anilines is 1. The Balaban J connectivity index is 0.00000361. The number of sulfonamides is 1. The third-order valence-corrected chi connectivity index (χ3v) is 3.80. The molecule has 114 valence electrons. The lowest BCUT2D eigenvalue weighted by atomic mass is 10.3. The average Bonchev–Trinajstić information content (AvgIpc) is 2.37. The van der Waals surface area contributed by atoms with Gasteiger partial charge >= 0.3 is 0 Å². The highest BCUT2D eigenvalue weighted by atomic mass is 35.5. The second kappa shape index (κ2) is 8.91. The van der Waals surface area contributed by atoms with Crippen molar-refractivity contribution in [3.8, 4) is 0 Å². The highest BCUT2D eigenvalue weighted by Crippen LogP contribution is 2.13. The fourth-order valence-electron chi connectivity index (χ4n) is 1.40. The number of benzene rings is 1. The predicted octanol–water partition coefficient (Wildman–Crippen LogP) is 0.955. The number of hydrogen-bond acceptors (Lipinski definition) is 4. The van der Waals surface area contributed by atoms with E-state index in [0.717, 1.165) is 6.42 Å². The summed E-state index contributed by atoms with van der Waals surface area (Å²) in [6.07, 6.45) is 0.734. The van der Waals surface area contributed by atoms with Crippen LogP contribution in [0.2, 0.25) is 0 Å². The normalized spacial score (nSPS) is 10.7. The SMILES string of the molecule is CCCNS(=O)(=O)c1ccc(NC(=O)CNC)cc1.Cl. The van der Waals surface area contributed by atoms with Gasteiger partial charge in [0, 0.05) is 12.2 Å².